The minimum atomic E-state index is -0.000110. The maximum Gasteiger partial charge on any atom is 0.254 e. The highest BCUT2D eigenvalue weighted by atomic mass is 16.2. The lowest BCUT2D eigenvalue weighted by molar-refractivity contribution is 0.0750. The first-order valence-corrected chi connectivity index (χ1v) is 7.89. The van der Waals surface area contributed by atoms with E-state index >= 15 is 0 Å². The van der Waals surface area contributed by atoms with Crippen molar-refractivity contribution in [2.75, 3.05) is 6.54 Å². The summed E-state index contributed by atoms with van der Waals surface area (Å²) in [7, 11) is 0. The Labute approximate surface area is 138 Å². The maximum absolute atomic E-state index is 12.9. The Hall–Kier alpha value is -3.15. The molecule has 4 rings (SSSR count). The van der Waals surface area contributed by atoms with Crippen LogP contribution in [0.1, 0.15) is 23.0 Å². The van der Waals surface area contributed by atoms with Crippen molar-refractivity contribution >= 4 is 22.6 Å². The van der Waals surface area contributed by atoms with Crippen LogP contribution in [0.25, 0.3) is 16.7 Å². The summed E-state index contributed by atoms with van der Waals surface area (Å²) in [6, 6.07) is 11.4. The molecule has 0 radical (unpaired) electrons. The maximum atomic E-state index is 12.9. The largest absolute Gasteiger partial charge is 0.345 e. The van der Waals surface area contributed by atoms with E-state index < -0.39 is 0 Å². The van der Waals surface area contributed by atoms with Crippen molar-refractivity contribution in [1.29, 1.82) is 0 Å². The van der Waals surface area contributed by atoms with Crippen LogP contribution >= 0.6 is 0 Å². The van der Waals surface area contributed by atoms with Gasteiger partial charge in [-0.3, -0.25) is 4.79 Å². The molecule has 0 fully saturated rings. The number of aromatic nitrogens is 4. The number of amides is 1. The van der Waals surface area contributed by atoms with Crippen molar-refractivity contribution in [3.8, 4) is 0 Å². The SMILES string of the molecule is CCN(Cc1cnc2ccccn12)C(=O)c1ccc2nc[nH]c2c1. The lowest BCUT2D eigenvalue weighted by Crippen LogP contribution is -2.30. The summed E-state index contributed by atoms with van der Waals surface area (Å²) in [4.78, 5) is 26.3. The van der Waals surface area contributed by atoms with Crippen LogP contribution in [0, 0.1) is 0 Å². The molecule has 6 nitrogen and oxygen atoms in total. The molecule has 4 aromatic rings. The number of rotatable bonds is 4. The third kappa shape index (κ3) is 2.42. The zero-order valence-electron chi connectivity index (χ0n) is 13.3. The topological polar surface area (TPSA) is 66.3 Å². The van der Waals surface area contributed by atoms with E-state index in [1.807, 2.05) is 65.0 Å². The van der Waals surface area contributed by atoms with Gasteiger partial charge in [-0.15, -0.1) is 0 Å². The number of carbonyl (C=O) groups is 1. The Bertz CT molecular complexity index is 1020. The van der Waals surface area contributed by atoms with Crippen molar-refractivity contribution in [3.63, 3.8) is 0 Å². The molecule has 120 valence electrons. The van der Waals surface area contributed by atoms with Crippen LogP contribution in [-0.2, 0) is 6.54 Å². The first-order valence-electron chi connectivity index (χ1n) is 7.89. The molecule has 3 heterocycles. The van der Waals surface area contributed by atoms with Gasteiger partial charge in [-0.1, -0.05) is 6.07 Å². The normalized spacial score (nSPS) is 11.2. The molecule has 0 bridgehead atoms. The van der Waals surface area contributed by atoms with E-state index in [0.717, 1.165) is 22.4 Å². The molecule has 0 aliphatic rings. The number of fused-ring (bicyclic) bond motifs is 2. The zero-order valence-corrected chi connectivity index (χ0v) is 13.3. The number of nitrogens with one attached hydrogen (secondary N) is 1. The second-order valence-corrected chi connectivity index (χ2v) is 5.63. The van der Waals surface area contributed by atoms with E-state index in [4.69, 9.17) is 0 Å². The molecule has 0 atom stereocenters. The lowest BCUT2D eigenvalue weighted by Gasteiger charge is -2.20. The van der Waals surface area contributed by atoms with Gasteiger partial charge in [0.05, 0.1) is 35.8 Å². The molecule has 1 amide bonds. The van der Waals surface area contributed by atoms with Gasteiger partial charge in [0, 0.05) is 18.3 Å². The molecule has 1 aromatic carbocycles. The first-order chi connectivity index (χ1) is 11.8. The average Bonchev–Trinajstić information content (AvgIpc) is 3.25. The van der Waals surface area contributed by atoms with Crippen LogP contribution < -0.4 is 0 Å². The predicted octanol–water partition coefficient (Wildman–Crippen LogP) is 2.87. The number of aromatic amines is 1. The third-order valence-corrected chi connectivity index (χ3v) is 4.18. The summed E-state index contributed by atoms with van der Waals surface area (Å²) < 4.78 is 2.01. The van der Waals surface area contributed by atoms with E-state index in [2.05, 4.69) is 15.0 Å². The summed E-state index contributed by atoms with van der Waals surface area (Å²) in [5.74, 6) is -0.000110. The summed E-state index contributed by atoms with van der Waals surface area (Å²) >= 11 is 0. The van der Waals surface area contributed by atoms with E-state index in [1.165, 1.54) is 0 Å². The van der Waals surface area contributed by atoms with Crippen molar-refractivity contribution in [2.45, 2.75) is 13.5 Å². The summed E-state index contributed by atoms with van der Waals surface area (Å²) in [6.07, 6.45) is 5.42. The lowest BCUT2D eigenvalue weighted by atomic mass is 10.1. The number of imidazole rings is 2. The Morgan fingerprint density at radius 3 is 3.04 bits per heavy atom. The standard InChI is InChI=1S/C18H17N5O/c1-2-22(11-14-10-19-17-5-3-4-8-23(14)17)18(24)13-6-7-15-16(9-13)21-12-20-15/h3-10,12H,2,11H2,1H3,(H,20,21). The van der Waals surface area contributed by atoms with Crippen molar-refractivity contribution < 1.29 is 4.79 Å². The molecule has 0 saturated carbocycles. The number of benzene rings is 1. The fourth-order valence-electron chi connectivity index (χ4n) is 2.88. The first kappa shape index (κ1) is 14.4. The van der Waals surface area contributed by atoms with Gasteiger partial charge >= 0.3 is 0 Å². The van der Waals surface area contributed by atoms with Gasteiger partial charge in [0.2, 0.25) is 0 Å². The van der Waals surface area contributed by atoms with Crippen LogP contribution in [-0.4, -0.2) is 36.7 Å². The van der Waals surface area contributed by atoms with Gasteiger partial charge in [-0.05, 0) is 37.3 Å². The summed E-state index contributed by atoms with van der Waals surface area (Å²) in [5, 5.41) is 0. The molecule has 1 N–H and O–H groups in total. The molecule has 0 aliphatic heterocycles. The molecule has 24 heavy (non-hydrogen) atoms. The molecule has 3 aromatic heterocycles. The van der Waals surface area contributed by atoms with Gasteiger partial charge in [-0.25, -0.2) is 9.97 Å². The van der Waals surface area contributed by atoms with Crippen molar-refractivity contribution in [3.05, 3.63) is 66.4 Å². The Balaban J connectivity index is 1.63. The number of pyridine rings is 1. The number of H-pyrrole nitrogens is 1. The minimum Gasteiger partial charge on any atom is -0.345 e. The van der Waals surface area contributed by atoms with E-state index in [1.54, 1.807) is 6.33 Å². The highest BCUT2D eigenvalue weighted by molar-refractivity contribution is 5.97. The molecule has 0 saturated heterocycles. The highest BCUT2D eigenvalue weighted by Gasteiger charge is 2.17. The minimum absolute atomic E-state index is 0.000110. The Kier molecular flexibility index (Phi) is 3.49. The number of hydrogen-bond donors (Lipinski definition) is 1. The third-order valence-electron chi connectivity index (χ3n) is 4.18. The van der Waals surface area contributed by atoms with Gasteiger partial charge in [-0.2, -0.15) is 0 Å². The van der Waals surface area contributed by atoms with Gasteiger partial charge < -0.3 is 14.3 Å². The van der Waals surface area contributed by atoms with E-state index in [9.17, 15) is 4.79 Å². The van der Waals surface area contributed by atoms with Crippen LogP contribution in [0.5, 0.6) is 0 Å². The van der Waals surface area contributed by atoms with E-state index in [0.29, 0.717) is 18.7 Å². The molecular formula is C18H17N5O. The van der Waals surface area contributed by atoms with Gasteiger partial charge in [0.15, 0.2) is 0 Å². The Morgan fingerprint density at radius 2 is 2.17 bits per heavy atom. The summed E-state index contributed by atoms with van der Waals surface area (Å²) in [6.45, 7) is 3.12. The molecule has 0 unspecified atom stereocenters. The quantitative estimate of drug-likeness (QED) is 0.629. The fourth-order valence-corrected chi connectivity index (χ4v) is 2.88. The highest BCUT2D eigenvalue weighted by Crippen LogP contribution is 2.16. The predicted molar refractivity (Wildman–Crippen MR) is 91.7 cm³/mol. The smallest absolute Gasteiger partial charge is 0.254 e. The Morgan fingerprint density at radius 1 is 1.25 bits per heavy atom. The number of nitrogens with zero attached hydrogens (tertiary/aromatic N) is 4. The molecule has 6 heteroatoms. The van der Waals surface area contributed by atoms with Crippen molar-refractivity contribution in [1.82, 2.24) is 24.3 Å². The number of carbonyl (C=O) groups excluding carboxylic acids is 1. The van der Waals surface area contributed by atoms with Crippen molar-refractivity contribution in [2.24, 2.45) is 0 Å². The van der Waals surface area contributed by atoms with Crippen LogP contribution in [0.2, 0.25) is 0 Å². The molecule has 0 spiro atoms. The second-order valence-electron chi connectivity index (χ2n) is 5.63. The summed E-state index contributed by atoms with van der Waals surface area (Å²) in [5.41, 5.74) is 4.25. The fraction of sp³-hybridized carbons (Fsp3) is 0.167. The molecular weight excluding hydrogens is 302 g/mol. The van der Waals surface area contributed by atoms with Gasteiger partial charge in [0.1, 0.15) is 5.65 Å². The van der Waals surface area contributed by atoms with Crippen LogP contribution in [0.3, 0.4) is 0 Å². The van der Waals surface area contributed by atoms with Crippen LogP contribution in [0.4, 0.5) is 0 Å². The van der Waals surface area contributed by atoms with E-state index in [-0.39, 0.29) is 5.91 Å². The second kappa shape index (κ2) is 5.81. The number of hydrogen-bond acceptors (Lipinski definition) is 3. The molecule has 0 aliphatic carbocycles. The van der Waals surface area contributed by atoms with Gasteiger partial charge in [0.25, 0.3) is 5.91 Å². The zero-order chi connectivity index (χ0) is 16.5. The average molecular weight is 319 g/mol. The van der Waals surface area contributed by atoms with Crippen LogP contribution in [0.15, 0.2) is 55.1 Å². The monoisotopic (exact) mass is 319 g/mol.